The zero-order chi connectivity index (χ0) is 20.9. The summed E-state index contributed by atoms with van der Waals surface area (Å²) in [5.74, 6) is 0.0188. The van der Waals surface area contributed by atoms with E-state index in [0.717, 1.165) is 27.3 Å². The van der Waals surface area contributed by atoms with Crippen molar-refractivity contribution in [3.63, 3.8) is 0 Å². The number of hydrogen-bond donors (Lipinski definition) is 1. The van der Waals surface area contributed by atoms with E-state index in [0.29, 0.717) is 17.9 Å². The summed E-state index contributed by atoms with van der Waals surface area (Å²) in [6, 6.07) is 12.6. The Morgan fingerprint density at radius 1 is 1.18 bits per heavy atom. The predicted octanol–water partition coefficient (Wildman–Crippen LogP) is 3.35. The van der Waals surface area contributed by atoms with Gasteiger partial charge in [0.2, 0.25) is 15.9 Å². The van der Waals surface area contributed by atoms with E-state index in [1.165, 1.54) is 7.11 Å². The first kappa shape index (κ1) is 21.8. The fraction of sp³-hybridized carbons (Fsp3) is 0.381. The van der Waals surface area contributed by atoms with Gasteiger partial charge in [-0.25, -0.2) is 8.42 Å². The number of sulfonamides is 1. The van der Waals surface area contributed by atoms with Crippen molar-refractivity contribution in [2.75, 3.05) is 24.2 Å². The maximum atomic E-state index is 12.7. The number of para-hydroxylation sites is 2. The second kappa shape index (κ2) is 9.10. The number of benzene rings is 2. The molecule has 2 aromatic rings. The molecular formula is C21H28N2O4S. The van der Waals surface area contributed by atoms with E-state index < -0.39 is 10.0 Å². The molecule has 2 aromatic carbocycles. The second-order valence-electron chi connectivity index (χ2n) is 6.83. The number of carbonyl (C=O) groups is 1. The molecule has 0 saturated carbocycles. The lowest BCUT2D eigenvalue weighted by Gasteiger charge is -2.26. The highest BCUT2D eigenvalue weighted by atomic mass is 32.2. The first-order chi connectivity index (χ1) is 13.2. The summed E-state index contributed by atoms with van der Waals surface area (Å²) in [5.41, 5.74) is 3.62. The van der Waals surface area contributed by atoms with Crippen molar-refractivity contribution in [3.8, 4) is 5.75 Å². The molecule has 28 heavy (non-hydrogen) atoms. The first-order valence-electron chi connectivity index (χ1n) is 9.14. The summed E-state index contributed by atoms with van der Waals surface area (Å²) >= 11 is 0. The van der Waals surface area contributed by atoms with E-state index in [2.05, 4.69) is 11.4 Å². The number of methoxy groups -OCH3 is 1. The van der Waals surface area contributed by atoms with Gasteiger partial charge in [-0.2, -0.15) is 0 Å². The molecule has 152 valence electrons. The lowest BCUT2D eigenvalue weighted by Crippen LogP contribution is -2.41. The Bertz CT molecular complexity index is 941. The Morgan fingerprint density at radius 3 is 2.43 bits per heavy atom. The third kappa shape index (κ3) is 5.25. The first-order valence-corrected chi connectivity index (χ1v) is 11.0. The Labute approximate surface area is 167 Å². The van der Waals surface area contributed by atoms with Gasteiger partial charge in [0.05, 0.1) is 25.1 Å². The molecule has 0 aliphatic rings. The number of rotatable bonds is 8. The predicted molar refractivity (Wildman–Crippen MR) is 112 cm³/mol. The molecule has 7 heteroatoms. The molecule has 6 nitrogen and oxygen atoms in total. The molecule has 0 aliphatic carbocycles. The molecule has 1 N–H and O–H groups in total. The van der Waals surface area contributed by atoms with Gasteiger partial charge in [-0.1, -0.05) is 42.8 Å². The lowest BCUT2D eigenvalue weighted by molar-refractivity contribution is -0.120. The number of aryl methyl sites for hydroxylation is 2. The molecule has 1 unspecified atom stereocenters. The van der Waals surface area contributed by atoms with Gasteiger partial charge < -0.3 is 10.1 Å². The fourth-order valence-corrected chi connectivity index (χ4v) is 4.06. The zero-order valence-corrected chi connectivity index (χ0v) is 17.8. The number of nitrogens with zero attached hydrogens (tertiary/aromatic N) is 1. The van der Waals surface area contributed by atoms with Crippen LogP contribution in [0.3, 0.4) is 0 Å². The minimum absolute atomic E-state index is 0.188. The van der Waals surface area contributed by atoms with E-state index in [9.17, 15) is 13.2 Å². The van der Waals surface area contributed by atoms with Gasteiger partial charge in [0.25, 0.3) is 0 Å². The molecule has 1 amide bonds. The van der Waals surface area contributed by atoms with Gasteiger partial charge in [0.15, 0.2) is 0 Å². The topological polar surface area (TPSA) is 75.7 Å². The summed E-state index contributed by atoms with van der Waals surface area (Å²) in [5, 5.41) is 2.97. The molecule has 0 fully saturated rings. The maximum Gasteiger partial charge on any atom is 0.241 e. The van der Waals surface area contributed by atoms with E-state index in [1.54, 1.807) is 24.3 Å². The summed E-state index contributed by atoms with van der Waals surface area (Å²) < 4.78 is 31.0. The van der Waals surface area contributed by atoms with Crippen LogP contribution in [0.25, 0.3) is 0 Å². The minimum atomic E-state index is -3.67. The van der Waals surface area contributed by atoms with Crippen molar-refractivity contribution in [2.24, 2.45) is 0 Å². The standard InChI is InChI=1S/C21H28N2O4S/c1-6-18(17-12-11-15(2)13-16(17)3)22-21(24)14-23(28(5,25)26)19-9-7-8-10-20(19)27-4/h7-13,18H,6,14H2,1-5H3,(H,22,24). The van der Waals surface area contributed by atoms with E-state index in [4.69, 9.17) is 4.74 Å². The quantitative estimate of drug-likeness (QED) is 0.732. The van der Waals surface area contributed by atoms with E-state index in [1.807, 2.05) is 32.9 Å². The number of ether oxygens (including phenoxy) is 1. The number of anilines is 1. The maximum absolute atomic E-state index is 12.7. The van der Waals surface area contributed by atoms with Crippen LogP contribution < -0.4 is 14.4 Å². The van der Waals surface area contributed by atoms with Crippen molar-refractivity contribution in [3.05, 3.63) is 59.2 Å². The van der Waals surface area contributed by atoms with E-state index >= 15 is 0 Å². The van der Waals surface area contributed by atoms with Crippen LogP contribution in [-0.4, -0.2) is 34.2 Å². The Balaban J connectivity index is 2.26. The molecule has 0 heterocycles. The van der Waals surface area contributed by atoms with Gasteiger partial charge in [0.1, 0.15) is 12.3 Å². The summed E-state index contributed by atoms with van der Waals surface area (Å²) in [6.07, 6.45) is 1.78. The van der Waals surface area contributed by atoms with Crippen LogP contribution in [0.4, 0.5) is 5.69 Å². The van der Waals surface area contributed by atoms with Gasteiger partial charge in [-0.05, 0) is 43.5 Å². The molecular weight excluding hydrogens is 376 g/mol. The van der Waals surface area contributed by atoms with Gasteiger partial charge in [-0.3, -0.25) is 9.10 Å². The summed E-state index contributed by atoms with van der Waals surface area (Å²) in [4.78, 5) is 12.7. The second-order valence-corrected chi connectivity index (χ2v) is 8.74. The van der Waals surface area contributed by atoms with Crippen LogP contribution in [0.1, 0.15) is 36.1 Å². The van der Waals surface area contributed by atoms with Crippen LogP contribution in [0.2, 0.25) is 0 Å². The highest BCUT2D eigenvalue weighted by Crippen LogP contribution is 2.29. The third-order valence-corrected chi connectivity index (χ3v) is 5.71. The van der Waals surface area contributed by atoms with Gasteiger partial charge in [-0.15, -0.1) is 0 Å². The van der Waals surface area contributed by atoms with Crippen LogP contribution in [0.15, 0.2) is 42.5 Å². The summed E-state index contributed by atoms with van der Waals surface area (Å²) in [6.45, 7) is 5.70. The average Bonchev–Trinajstić information content (AvgIpc) is 2.63. The van der Waals surface area contributed by atoms with Crippen molar-refractivity contribution in [2.45, 2.75) is 33.2 Å². The number of carbonyl (C=O) groups excluding carboxylic acids is 1. The molecule has 0 spiro atoms. The third-order valence-electron chi connectivity index (χ3n) is 4.59. The van der Waals surface area contributed by atoms with Crippen LogP contribution in [0.5, 0.6) is 5.75 Å². The molecule has 0 saturated heterocycles. The van der Waals surface area contributed by atoms with Gasteiger partial charge in [0, 0.05) is 0 Å². The Hall–Kier alpha value is -2.54. The monoisotopic (exact) mass is 404 g/mol. The smallest absolute Gasteiger partial charge is 0.241 e. The summed E-state index contributed by atoms with van der Waals surface area (Å²) in [7, 11) is -2.21. The average molecular weight is 405 g/mol. The Kier molecular flexibility index (Phi) is 7.07. The van der Waals surface area contributed by atoms with Crippen LogP contribution in [-0.2, 0) is 14.8 Å². The van der Waals surface area contributed by atoms with Crippen molar-refractivity contribution < 1.29 is 17.9 Å². The zero-order valence-electron chi connectivity index (χ0n) is 17.0. The van der Waals surface area contributed by atoms with Crippen molar-refractivity contribution in [1.82, 2.24) is 5.32 Å². The number of nitrogens with one attached hydrogen (secondary N) is 1. The SMILES string of the molecule is CCC(NC(=O)CN(c1ccccc1OC)S(C)(=O)=O)c1ccc(C)cc1C. The number of amides is 1. The molecule has 0 bridgehead atoms. The molecule has 2 rings (SSSR count). The molecule has 0 aromatic heterocycles. The van der Waals surface area contributed by atoms with Crippen molar-refractivity contribution >= 4 is 21.6 Å². The van der Waals surface area contributed by atoms with Crippen molar-refractivity contribution in [1.29, 1.82) is 0 Å². The highest BCUT2D eigenvalue weighted by Gasteiger charge is 2.25. The van der Waals surface area contributed by atoms with E-state index in [-0.39, 0.29) is 18.5 Å². The molecule has 0 radical (unpaired) electrons. The fourth-order valence-electron chi connectivity index (χ4n) is 3.20. The van der Waals surface area contributed by atoms with Gasteiger partial charge >= 0.3 is 0 Å². The normalized spacial score (nSPS) is 12.3. The highest BCUT2D eigenvalue weighted by molar-refractivity contribution is 7.92. The molecule has 0 aliphatic heterocycles. The Morgan fingerprint density at radius 2 is 1.86 bits per heavy atom. The van der Waals surface area contributed by atoms with Crippen LogP contribution >= 0.6 is 0 Å². The lowest BCUT2D eigenvalue weighted by atomic mass is 9.97. The van der Waals surface area contributed by atoms with Crippen LogP contribution in [0, 0.1) is 13.8 Å². The minimum Gasteiger partial charge on any atom is -0.495 e. The number of hydrogen-bond acceptors (Lipinski definition) is 4. The molecule has 1 atom stereocenters. The largest absolute Gasteiger partial charge is 0.495 e.